The monoisotopic (exact) mass is 405 g/mol. The van der Waals surface area contributed by atoms with E-state index in [0.717, 1.165) is 17.4 Å². The van der Waals surface area contributed by atoms with Gasteiger partial charge in [0.2, 0.25) is 10.0 Å². The van der Waals surface area contributed by atoms with E-state index in [9.17, 15) is 17.6 Å². The lowest BCUT2D eigenvalue weighted by atomic mass is 10.2. The van der Waals surface area contributed by atoms with Crippen LogP contribution in [0, 0.1) is 5.82 Å². The Hall–Kier alpha value is -2.85. The van der Waals surface area contributed by atoms with Gasteiger partial charge in [0.1, 0.15) is 5.82 Å². The van der Waals surface area contributed by atoms with Gasteiger partial charge in [0, 0.05) is 16.4 Å². The molecule has 0 bridgehead atoms. The molecule has 0 aliphatic rings. The molecule has 0 saturated carbocycles. The summed E-state index contributed by atoms with van der Waals surface area (Å²) in [6.07, 6.45) is 0.646. The minimum Gasteiger partial charge on any atom is -0.342 e. The largest absolute Gasteiger partial charge is 0.342 e. The van der Waals surface area contributed by atoms with Crippen molar-refractivity contribution in [3.63, 3.8) is 0 Å². The van der Waals surface area contributed by atoms with Crippen molar-refractivity contribution in [2.45, 2.75) is 18.2 Å². The average molecular weight is 405 g/mol. The number of hydrogen-bond donors (Lipinski definition) is 1. The number of benzene rings is 2. The Morgan fingerprint density at radius 3 is 2.56 bits per heavy atom. The minimum atomic E-state index is -3.94. The predicted octanol–water partition coefficient (Wildman–Crippen LogP) is 3.89. The highest BCUT2D eigenvalue weighted by Crippen LogP contribution is 2.31. The second-order valence-corrected chi connectivity index (χ2v) is 8.03. The third kappa shape index (κ3) is 4.66. The van der Waals surface area contributed by atoms with E-state index in [-0.39, 0.29) is 15.6 Å². The molecule has 0 aliphatic carbocycles. The number of sulfonamides is 1. The number of carbonyl (C=O) groups is 1. The van der Waals surface area contributed by atoms with Gasteiger partial charge < -0.3 is 15.1 Å². The Bertz CT molecular complexity index is 1070. The molecular weight excluding hydrogens is 391 g/mol. The van der Waals surface area contributed by atoms with E-state index < -0.39 is 21.7 Å². The van der Waals surface area contributed by atoms with Crippen molar-refractivity contribution in [2.75, 3.05) is 5.32 Å². The molecule has 0 aliphatic heterocycles. The summed E-state index contributed by atoms with van der Waals surface area (Å²) < 4.78 is 41.5. The Morgan fingerprint density at radius 1 is 1.19 bits per heavy atom. The molecule has 27 heavy (non-hydrogen) atoms. The number of rotatable bonds is 6. The lowest BCUT2D eigenvalue weighted by Crippen LogP contribution is -2.12. The Labute approximate surface area is 159 Å². The van der Waals surface area contributed by atoms with Crippen LogP contribution in [0.15, 0.2) is 53.4 Å². The van der Waals surface area contributed by atoms with Crippen molar-refractivity contribution < 1.29 is 17.6 Å². The van der Waals surface area contributed by atoms with Gasteiger partial charge in [-0.3, -0.25) is 9.89 Å². The van der Waals surface area contributed by atoms with Gasteiger partial charge in [0.05, 0.1) is 9.90 Å². The minimum absolute atomic E-state index is 0.0421. The van der Waals surface area contributed by atoms with Gasteiger partial charge in [-0.15, -0.1) is 11.3 Å². The molecule has 1 heterocycles. The van der Waals surface area contributed by atoms with Crippen LogP contribution in [0.25, 0.3) is 4.72 Å². The third-order valence-electron chi connectivity index (χ3n) is 3.45. The number of carbonyl (C=O) groups excluding carboxylic acids is 1. The predicted molar refractivity (Wildman–Crippen MR) is 100 cm³/mol. The highest BCUT2D eigenvalue weighted by atomic mass is 32.2. The molecule has 1 aromatic heterocycles. The molecule has 0 radical (unpaired) electrons. The van der Waals surface area contributed by atoms with Crippen LogP contribution in [0.4, 0.5) is 15.2 Å². The lowest BCUT2D eigenvalue weighted by molar-refractivity contribution is 0.102. The summed E-state index contributed by atoms with van der Waals surface area (Å²) in [6, 6.07) is 10.8. The molecule has 1 N–H and O–H groups in total. The summed E-state index contributed by atoms with van der Waals surface area (Å²) in [6.45, 7) is 1.88. The number of amides is 1. The fraction of sp³-hybridized carbons (Fsp3) is 0.118. The topological polar surface area (TPSA) is 103 Å². The normalized spacial score (nSPS) is 11.2. The number of hydrogen-bond acceptors (Lipinski definition) is 6. The first-order chi connectivity index (χ1) is 12.9. The number of aromatic nitrogens is 2. The van der Waals surface area contributed by atoms with Crippen molar-refractivity contribution in [1.82, 2.24) is 10.2 Å². The number of anilines is 1. The van der Waals surface area contributed by atoms with Gasteiger partial charge in [-0.05, 0) is 48.9 Å². The second kappa shape index (κ2) is 7.80. The zero-order chi connectivity index (χ0) is 19.4. The first kappa shape index (κ1) is 18.9. The molecule has 0 fully saturated rings. The molecule has 3 rings (SSSR count). The first-order valence-corrected chi connectivity index (χ1v) is 10.1. The second-order valence-electron chi connectivity index (χ2n) is 5.39. The van der Waals surface area contributed by atoms with E-state index in [2.05, 4.69) is 20.2 Å². The maximum Gasteiger partial charge on any atom is 0.255 e. The van der Waals surface area contributed by atoms with Crippen LogP contribution in [-0.2, 0) is 16.4 Å². The van der Waals surface area contributed by atoms with Crippen molar-refractivity contribution in [3.05, 3.63) is 69.6 Å². The van der Waals surface area contributed by atoms with E-state index in [1.54, 1.807) is 0 Å². The fourth-order valence-electron chi connectivity index (χ4n) is 2.12. The van der Waals surface area contributed by atoms with Crippen LogP contribution in [-0.4, -0.2) is 24.5 Å². The van der Waals surface area contributed by atoms with Crippen LogP contribution in [0.1, 0.15) is 22.3 Å². The fourth-order valence-corrected chi connectivity index (χ4v) is 3.91. The Balaban J connectivity index is 1.71. The molecule has 10 heteroatoms. The zero-order valence-electron chi connectivity index (χ0n) is 14.1. The van der Waals surface area contributed by atoms with Crippen LogP contribution < -0.4 is 5.32 Å². The number of nitrogens with zero attached hydrogens (tertiary/aromatic N) is 3. The highest BCUT2D eigenvalue weighted by Gasteiger charge is 2.12. The molecule has 2 aromatic carbocycles. The smallest absolute Gasteiger partial charge is 0.255 e. The van der Waals surface area contributed by atoms with Crippen LogP contribution in [0.5, 0.6) is 0 Å². The molecule has 1 amide bonds. The lowest BCUT2D eigenvalue weighted by Gasteiger charge is -2.12. The van der Waals surface area contributed by atoms with E-state index in [4.69, 9.17) is 0 Å². The van der Waals surface area contributed by atoms with Gasteiger partial charge in [0.15, 0.2) is 0 Å². The average Bonchev–Trinajstić information content (AvgIpc) is 3.09. The van der Waals surface area contributed by atoms with E-state index in [0.29, 0.717) is 17.1 Å². The summed E-state index contributed by atoms with van der Waals surface area (Å²) in [5, 5.41) is 10.9. The maximum absolute atomic E-state index is 13.2. The maximum atomic E-state index is 13.2. The van der Waals surface area contributed by atoms with Crippen LogP contribution in [0.3, 0.4) is 0 Å². The first-order valence-electron chi connectivity index (χ1n) is 7.85. The van der Waals surface area contributed by atoms with Gasteiger partial charge in [0.25, 0.3) is 5.91 Å². The van der Waals surface area contributed by atoms with Gasteiger partial charge in [-0.1, -0.05) is 13.0 Å². The molecular formula is C17H14FN4O3S2-. The van der Waals surface area contributed by atoms with Crippen molar-refractivity contribution in [1.29, 1.82) is 0 Å². The molecule has 0 unspecified atom stereocenters. The molecule has 0 spiro atoms. The van der Waals surface area contributed by atoms with Crippen molar-refractivity contribution in [2.24, 2.45) is 0 Å². The Morgan fingerprint density at radius 2 is 1.93 bits per heavy atom. The summed E-state index contributed by atoms with van der Waals surface area (Å²) in [7, 11) is -3.94. The van der Waals surface area contributed by atoms with E-state index in [1.807, 2.05) is 6.92 Å². The van der Waals surface area contributed by atoms with Crippen molar-refractivity contribution >= 4 is 38.1 Å². The van der Waals surface area contributed by atoms with Gasteiger partial charge in [-0.25, -0.2) is 12.8 Å². The quantitative estimate of drug-likeness (QED) is 0.670. The van der Waals surface area contributed by atoms with E-state index >= 15 is 0 Å². The molecule has 0 saturated heterocycles. The molecule has 140 valence electrons. The standard InChI is InChI=1S/C17H15FN4O3S2/c1-2-15-20-21-17(26-15)22-27(24,25)14-8-6-13(7-9-14)19-16(23)11-4-3-5-12(18)10-11/h3-10H,2H2,1H3,(H2,19,21,22,23)/p-1. The SMILES string of the molecule is CCc1nnc([N-]S(=O)(=O)c2ccc(NC(=O)c3cccc(F)c3)cc2)s1. The number of aryl methyl sites for hydroxylation is 1. The Kier molecular flexibility index (Phi) is 5.47. The summed E-state index contributed by atoms with van der Waals surface area (Å²) in [4.78, 5) is 12.0. The number of nitrogens with one attached hydrogen (secondary N) is 1. The molecule has 0 atom stereocenters. The summed E-state index contributed by atoms with van der Waals surface area (Å²) in [5.41, 5.74) is 0.525. The van der Waals surface area contributed by atoms with Gasteiger partial charge >= 0.3 is 0 Å². The van der Waals surface area contributed by atoms with Crippen molar-refractivity contribution in [3.8, 4) is 0 Å². The summed E-state index contributed by atoms with van der Waals surface area (Å²) in [5.74, 6) is -1.02. The van der Waals surface area contributed by atoms with E-state index in [1.165, 1.54) is 42.5 Å². The zero-order valence-corrected chi connectivity index (χ0v) is 15.7. The molecule has 3 aromatic rings. The highest BCUT2D eigenvalue weighted by molar-refractivity contribution is 7.94. The number of halogens is 1. The third-order valence-corrected chi connectivity index (χ3v) is 5.81. The van der Waals surface area contributed by atoms with Crippen LogP contribution >= 0.6 is 11.3 Å². The van der Waals surface area contributed by atoms with Crippen LogP contribution in [0.2, 0.25) is 0 Å². The van der Waals surface area contributed by atoms with Gasteiger partial charge in [-0.2, -0.15) is 0 Å². The summed E-state index contributed by atoms with van der Waals surface area (Å²) >= 11 is 1.11. The molecule has 7 nitrogen and oxygen atoms in total.